The first-order chi connectivity index (χ1) is 13.9. The van der Waals surface area contributed by atoms with Crippen LogP contribution in [0.4, 0.5) is 21.7 Å². The Bertz CT molecular complexity index is 1180. The van der Waals surface area contributed by atoms with Crippen molar-refractivity contribution in [1.29, 1.82) is 5.26 Å². The van der Waals surface area contributed by atoms with Gasteiger partial charge in [-0.05, 0) is 55.8 Å². The summed E-state index contributed by atoms with van der Waals surface area (Å²) >= 11 is 0. The Hall–Kier alpha value is -3.99. The van der Waals surface area contributed by atoms with Crippen LogP contribution in [-0.4, -0.2) is 15.5 Å². The third-order valence-corrected chi connectivity index (χ3v) is 4.13. The molecule has 0 saturated heterocycles. The molecule has 0 radical (unpaired) electrons. The zero-order chi connectivity index (χ0) is 21.0. The molecule has 0 aliphatic rings. The van der Waals surface area contributed by atoms with Crippen LogP contribution < -0.4 is 16.2 Å². The van der Waals surface area contributed by atoms with Crippen LogP contribution in [0.1, 0.15) is 16.8 Å². The molecule has 1 amide bonds. The van der Waals surface area contributed by atoms with Crippen LogP contribution in [0.3, 0.4) is 0 Å². The van der Waals surface area contributed by atoms with Gasteiger partial charge in [0.2, 0.25) is 11.9 Å². The number of aromatic nitrogens is 2. The molecule has 2 N–H and O–H groups in total. The second-order valence-corrected chi connectivity index (χ2v) is 6.48. The van der Waals surface area contributed by atoms with E-state index in [2.05, 4.69) is 15.6 Å². The van der Waals surface area contributed by atoms with E-state index < -0.39 is 11.5 Å². The molecule has 0 unspecified atom stereocenters. The van der Waals surface area contributed by atoms with Crippen LogP contribution in [0.5, 0.6) is 0 Å². The molecule has 1 heterocycles. The van der Waals surface area contributed by atoms with Gasteiger partial charge in [0.05, 0.1) is 11.6 Å². The summed E-state index contributed by atoms with van der Waals surface area (Å²) in [5, 5.41) is 14.6. The predicted octanol–water partition coefficient (Wildman–Crippen LogP) is 3.25. The van der Waals surface area contributed by atoms with Crippen molar-refractivity contribution in [3.05, 3.63) is 81.5 Å². The summed E-state index contributed by atoms with van der Waals surface area (Å²) in [6, 6.07) is 14.2. The Labute approximate surface area is 166 Å². The summed E-state index contributed by atoms with van der Waals surface area (Å²) in [5.74, 6) is -0.628. The summed E-state index contributed by atoms with van der Waals surface area (Å²) in [5.41, 5.74) is 1.91. The second kappa shape index (κ2) is 8.35. The van der Waals surface area contributed by atoms with Crippen molar-refractivity contribution < 1.29 is 9.18 Å². The third-order valence-electron chi connectivity index (χ3n) is 4.13. The number of nitrogens with one attached hydrogen (secondary N) is 2. The number of hydrogen-bond acceptors (Lipinski definition) is 5. The first-order valence-corrected chi connectivity index (χ1v) is 8.77. The molecular weight excluding hydrogens is 373 g/mol. The number of amides is 1. The summed E-state index contributed by atoms with van der Waals surface area (Å²) in [4.78, 5) is 29.2. The highest BCUT2D eigenvalue weighted by Gasteiger charge is 2.13. The van der Waals surface area contributed by atoms with Crippen molar-refractivity contribution in [2.75, 3.05) is 10.6 Å². The molecule has 7 nitrogen and oxygen atoms in total. The van der Waals surface area contributed by atoms with E-state index in [9.17, 15) is 14.0 Å². The Morgan fingerprint density at radius 1 is 1.17 bits per heavy atom. The standard InChI is InChI=1S/C21H18FN5O2/c1-13-8-17(6-7-18(13)22)26-21-24-14(2)9-20(29)27(21)12-19(28)25-16-5-3-4-15(10-16)11-23/h3-10H,12H2,1-2H3,(H,24,26)(H,25,28). The van der Waals surface area contributed by atoms with E-state index in [1.807, 2.05) is 6.07 Å². The fraction of sp³-hybridized carbons (Fsp3) is 0.143. The van der Waals surface area contributed by atoms with Gasteiger partial charge in [-0.15, -0.1) is 0 Å². The lowest BCUT2D eigenvalue weighted by molar-refractivity contribution is -0.116. The molecule has 146 valence electrons. The van der Waals surface area contributed by atoms with Crippen LogP contribution in [0.2, 0.25) is 0 Å². The van der Waals surface area contributed by atoms with Crippen molar-refractivity contribution >= 4 is 23.2 Å². The van der Waals surface area contributed by atoms with Crippen LogP contribution in [-0.2, 0) is 11.3 Å². The number of aryl methyl sites for hydroxylation is 2. The number of nitrogens with zero attached hydrogens (tertiary/aromatic N) is 3. The lowest BCUT2D eigenvalue weighted by atomic mass is 10.2. The average molecular weight is 391 g/mol. The van der Waals surface area contributed by atoms with Crippen LogP contribution >= 0.6 is 0 Å². The van der Waals surface area contributed by atoms with Gasteiger partial charge in [0.25, 0.3) is 5.56 Å². The topological polar surface area (TPSA) is 99.8 Å². The Balaban J connectivity index is 1.86. The molecule has 8 heteroatoms. The first kappa shape index (κ1) is 19.8. The summed E-state index contributed by atoms with van der Waals surface area (Å²) in [7, 11) is 0. The minimum absolute atomic E-state index is 0.168. The molecule has 0 aliphatic heterocycles. The molecule has 3 rings (SSSR count). The van der Waals surface area contributed by atoms with E-state index in [1.165, 1.54) is 28.8 Å². The Morgan fingerprint density at radius 3 is 2.69 bits per heavy atom. The highest BCUT2D eigenvalue weighted by Crippen LogP contribution is 2.18. The molecule has 0 fully saturated rings. The van der Waals surface area contributed by atoms with Crippen molar-refractivity contribution in [3.63, 3.8) is 0 Å². The summed E-state index contributed by atoms with van der Waals surface area (Å²) in [6.07, 6.45) is 0. The molecule has 2 aromatic carbocycles. The Morgan fingerprint density at radius 2 is 1.97 bits per heavy atom. The van der Waals surface area contributed by atoms with Gasteiger partial charge in [-0.1, -0.05) is 6.07 Å². The largest absolute Gasteiger partial charge is 0.326 e. The second-order valence-electron chi connectivity index (χ2n) is 6.48. The smallest absolute Gasteiger partial charge is 0.255 e. The van der Waals surface area contributed by atoms with Gasteiger partial charge in [0, 0.05) is 23.1 Å². The van der Waals surface area contributed by atoms with E-state index >= 15 is 0 Å². The minimum atomic E-state index is -0.453. The molecule has 0 saturated carbocycles. The maximum Gasteiger partial charge on any atom is 0.255 e. The molecular formula is C21H18FN5O2. The maximum atomic E-state index is 13.5. The van der Waals surface area contributed by atoms with E-state index in [4.69, 9.17) is 5.26 Å². The third kappa shape index (κ3) is 4.84. The maximum absolute atomic E-state index is 13.5. The number of halogens is 1. The van der Waals surface area contributed by atoms with Gasteiger partial charge >= 0.3 is 0 Å². The fourth-order valence-corrected chi connectivity index (χ4v) is 2.73. The van der Waals surface area contributed by atoms with E-state index in [0.29, 0.717) is 28.2 Å². The number of hydrogen-bond donors (Lipinski definition) is 2. The normalized spacial score (nSPS) is 10.3. The van der Waals surface area contributed by atoms with E-state index in [-0.39, 0.29) is 18.3 Å². The van der Waals surface area contributed by atoms with Crippen LogP contribution in [0.15, 0.2) is 53.3 Å². The summed E-state index contributed by atoms with van der Waals surface area (Å²) < 4.78 is 14.7. The average Bonchev–Trinajstić information content (AvgIpc) is 2.67. The van der Waals surface area contributed by atoms with Gasteiger partial charge in [-0.25, -0.2) is 9.37 Å². The number of carbonyl (C=O) groups is 1. The minimum Gasteiger partial charge on any atom is -0.326 e. The van der Waals surface area contributed by atoms with Gasteiger partial charge in [-0.3, -0.25) is 14.2 Å². The molecule has 0 aliphatic carbocycles. The molecule has 0 bridgehead atoms. The van der Waals surface area contributed by atoms with E-state index in [0.717, 1.165) is 0 Å². The van der Waals surface area contributed by atoms with Gasteiger partial charge in [-0.2, -0.15) is 5.26 Å². The highest BCUT2D eigenvalue weighted by atomic mass is 19.1. The predicted molar refractivity (Wildman–Crippen MR) is 107 cm³/mol. The number of carbonyl (C=O) groups excluding carboxylic acids is 1. The molecule has 0 atom stereocenters. The number of rotatable bonds is 5. The van der Waals surface area contributed by atoms with Crippen molar-refractivity contribution in [2.24, 2.45) is 0 Å². The SMILES string of the molecule is Cc1cc(=O)n(CC(=O)Nc2cccc(C#N)c2)c(Nc2ccc(F)c(C)c2)n1. The Kier molecular flexibility index (Phi) is 5.69. The zero-order valence-corrected chi connectivity index (χ0v) is 15.9. The van der Waals surface area contributed by atoms with Gasteiger partial charge in [0.1, 0.15) is 12.4 Å². The molecule has 1 aromatic heterocycles. The highest BCUT2D eigenvalue weighted by molar-refractivity contribution is 5.91. The number of anilines is 3. The van der Waals surface area contributed by atoms with Crippen molar-refractivity contribution in [3.8, 4) is 6.07 Å². The molecule has 3 aromatic rings. The monoisotopic (exact) mass is 391 g/mol. The zero-order valence-electron chi connectivity index (χ0n) is 15.9. The van der Waals surface area contributed by atoms with Crippen LogP contribution in [0.25, 0.3) is 0 Å². The lowest BCUT2D eigenvalue weighted by Gasteiger charge is -2.15. The van der Waals surface area contributed by atoms with Crippen molar-refractivity contribution in [1.82, 2.24) is 9.55 Å². The van der Waals surface area contributed by atoms with E-state index in [1.54, 1.807) is 38.1 Å². The van der Waals surface area contributed by atoms with Crippen molar-refractivity contribution in [2.45, 2.75) is 20.4 Å². The fourth-order valence-electron chi connectivity index (χ4n) is 2.73. The number of nitriles is 1. The molecule has 0 spiro atoms. The van der Waals surface area contributed by atoms with Crippen LogP contribution in [0, 0.1) is 31.0 Å². The first-order valence-electron chi connectivity index (χ1n) is 8.77. The quantitative estimate of drug-likeness (QED) is 0.695. The molecule has 29 heavy (non-hydrogen) atoms. The van der Waals surface area contributed by atoms with Gasteiger partial charge in [0.15, 0.2) is 0 Å². The summed E-state index contributed by atoms with van der Waals surface area (Å²) in [6.45, 7) is 3.01. The number of benzene rings is 2. The van der Waals surface area contributed by atoms with Gasteiger partial charge < -0.3 is 10.6 Å². The lowest BCUT2D eigenvalue weighted by Crippen LogP contribution is -2.30.